The van der Waals surface area contributed by atoms with Crippen molar-refractivity contribution >= 4 is 8.32 Å². The largest absolute Gasteiger partial charge is 0.414 e. The Hall–Kier alpha value is -2.59. The van der Waals surface area contributed by atoms with E-state index in [1.807, 2.05) is 36.4 Å². The standard InChI is InChI=1S/C27H37N3O7Si/c1-26(2,3)38(6,7)34-16-20-22-23(37-27(4,5)36-22)24(35-20)30-19(14-28)13-21(31)29(25(30)32)17-33-15-18-11-9-8-10-12-18/h8-13,20,22-24H,15-17H2,1-7H3/t20-,22-,23-,24-/m1/s1. The van der Waals surface area contributed by atoms with Crippen LogP contribution in [0.3, 0.4) is 0 Å². The number of nitriles is 1. The van der Waals surface area contributed by atoms with Crippen molar-refractivity contribution in [3.63, 3.8) is 0 Å². The van der Waals surface area contributed by atoms with E-state index in [1.54, 1.807) is 13.8 Å². The maximum atomic E-state index is 13.6. The lowest BCUT2D eigenvalue weighted by atomic mass is 10.1. The molecule has 4 rings (SSSR count). The molecule has 11 heteroatoms. The van der Waals surface area contributed by atoms with Gasteiger partial charge in [0.25, 0.3) is 5.56 Å². The number of hydrogen-bond donors (Lipinski definition) is 0. The Morgan fingerprint density at radius 1 is 1.11 bits per heavy atom. The summed E-state index contributed by atoms with van der Waals surface area (Å²) in [6.45, 7) is 14.5. The van der Waals surface area contributed by atoms with E-state index in [2.05, 4.69) is 33.9 Å². The number of benzene rings is 1. The monoisotopic (exact) mass is 543 g/mol. The molecule has 1 aromatic heterocycles. The van der Waals surface area contributed by atoms with Gasteiger partial charge < -0.3 is 23.4 Å². The summed E-state index contributed by atoms with van der Waals surface area (Å²) in [6, 6.07) is 12.5. The normalized spacial score (nSPS) is 24.8. The molecule has 2 saturated heterocycles. The number of fused-ring (bicyclic) bond motifs is 1. The quantitative estimate of drug-likeness (QED) is 0.465. The van der Waals surface area contributed by atoms with Crippen LogP contribution in [-0.2, 0) is 36.7 Å². The molecule has 0 amide bonds. The van der Waals surface area contributed by atoms with E-state index in [0.29, 0.717) is 0 Å². The summed E-state index contributed by atoms with van der Waals surface area (Å²) in [5, 5.41) is 9.81. The van der Waals surface area contributed by atoms with Crippen LogP contribution in [0.15, 0.2) is 46.0 Å². The average Bonchev–Trinajstić information content (AvgIpc) is 3.32. The zero-order valence-corrected chi connectivity index (χ0v) is 24.1. The average molecular weight is 544 g/mol. The molecule has 0 aliphatic carbocycles. The van der Waals surface area contributed by atoms with E-state index < -0.39 is 49.9 Å². The lowest BCUT2D eigenvalue weighted by Crippen LogP contribution is -2.45. The molecule has 0 saturated carbocycles. The Morgan fingerprint density at radius 3 is 2.39 bits per heavy atom. The molecule has 10 nitrogen and oxygen atoms in total. The first-order chi connectivity index (χ1) is 17.7. The Balaban J connectivity index is 1.63. The van der Waals surface area contributed by atoms with E-state index >= 15 is 0 Å². The van der Waals surface area contributed by atoms with Crippen molar-refractivity contribution in [2.45, 2.75) is 96.4 Å². The van der Waals surface area contributed by atoms with E-state index in [4.69, 9.17) is 23.4 Å². The van der Waals surface area contributed by atoms with Gasteiger partial charge in [0.1, 0.15) is 36.8 Å². The lowest BCUT2D eigenvalue weighted by Gasteiger charge is -2.37. The molecular weight excluding hydrogens is 506 g/mol. The minimum absolute atomic E-state index is 0.00310. The first kappa shape index (κ1) is 28.4. The van der Waals surface area contributed by atoms with Gasteiger partial charge in [0.2, 0.25) is 0 Å². The summed E-state index contributed by atoms with van der Waals surface area (Å²) in [5.41, 5.74) is -0.570. The molecule has 0 radical (unpaired) electrons. The van der Waals surface area contributed by atoms with Gasteiger partial charge in [-0.1, -0.05) is 51.1 Å². The first-order valence-corrected chi connectivity index (χ1v) is 15.7. The summed E-state index contributed by atoms with van der Waals surface area (Å²) >= 11 is 0. The van der Waals surface area contributed by atoms with Crippen LogP contribution in [0.2, 0.25) is 18.1 Å². The second-order valence-corrected chi connectivity index (χ2v) is 16.5. The Kier molecular flexibility index (Phi) is 7.87. The molecule has 0 spiro atoms. The summed E-state index contributed by atoms with van der Waals surface area (Å²) in [6.07, 6.45) is -2.72. The second-order valence-electron chi connectivity index (χ2n) is 11.7. The van der Waals surface area contributed by atoms with Crippen molar-refractivity contribution in [3.8, 4) is 6.07 Å². The molecule has 206 valence electrons. The summed E-state index contributed by atoms with van der Waals surface area (Å²) in [7, 11) is -2.10. The molecule has 0 unspecified atom stereocenters. The predicted octanol–water partition coefficient (Wildman–Crippen LogP) is 3.50. The fourth-order valence-electron chi connectivity index (χ4n) is 4.38. The van der Waals surface area contributed by atoms with Crippen molar-refractivity contribution in [2.24, 2.45) is 0 Å². The maximum Gasteiger partial charge on any atom is 0.336 e. The molecule has 38 heavy (non-hydrogen) atoms. The van der Waals surface area contributed by atoms with Crippen molar-refractivity contribution in [3.05, 3.63) is 68.5 Å². The predicted molar refractivity (Wildman–Crippen MR) is 142 cm³/mol. The molecule has 1 aromatic carbocycles. The third kappa shape index (κ3) is 5.71. The first-order valence-electron chi connectivity index (χ1n) is 12.8. The van der Waals surface area contributed by atoms with E-state index in [9.17, 15) is 14.9 Å². The van der Waals surface area contributed by atoms with Gasteiger partial charge in [-0.2, -0.15) is 5.26 Å². The zero-order chi connectivity index (χ0) is 27.9. The topological polar surface area (TPSA) is 114 Å². The molecule has 3 heterocycles. The van der Waals surface area contributed by atoms with Crippen LogP contribution in [0, 0.1) is 11.3 Å². The molecule has 2 aliphatic heterocycles. The minimum Gasteiger partial charge on any atom is -0.414 e. The number of aromatic nitrogens is 2. The molecule has 2 fully saturated rings. The van der Waals surface area contributed by atoms with Gasteiger partial charge in [0.15, 0.2) is 20.3 Å². The highest BCUT2D eigenvalue weighted by molar-refractivity contribution is 6.74. The van der Waals surface area contributed by atoms with Gasteiger partial charge in [-0.25, -0.2) is 9.36 Å². The SMILES string of the molecule is CC1(C)O[C@@H]2[C@H](O1)[C@@H](CO[Si](C)(C)C(C)(C)C)O[C@H]2n1c(C#N)cc(=O)n(COCc2ccccc2)c1=O. The smallest absolute Gasteiger partial charge is 0.336 e. The van der Waals surface area contributed by atoms with Crippen LogP contribution < -0.4 is 11.2 Å². The Labute approximate surface area is 223 Å². The molecule has 0 N–H and O–H groups in total. The van der Waals surface area contributed by atoms with Gasteiger partial charge in [-0.3, -0.25) is 9.36 Å². The second kappa shape index (κ2) is 10.5. The summed E-state index contributed by atoms with van der Waals surface area (Å²) < 4.78 is 32.8. The number of ether oxygens (including phenoxy) is 4. The number of rotatable bonds is 8. The van der Waals surface area contributed by atoms with E-state index in [0.717, 1.165) is 16.2 Å². The van der Waals surface area contributed by atoms with Gasteiger partial charge >= 0.3 is 5.69 Å². The summed E-state index contributed by atoms with van der Waals surface area (Å²) in [4.78, 5) is 26.3. The van der Waals surface area contributed by atoms with Crippen molar-refractivity contribution in [2.75, 3.05) is 6.61 Å². The fourth-order valence-corrected chi connectivity index (χ4v) is 5.39. The van der Waals surface area contributed by atoms with Gasteiger partial charge in [0.05, 0.1) is 13.2 Å². The lowest BCUT2D eigenvalue weighted by molar-refractivity contribution is -0.200. The van der Waals surface area contributed by atoms with Crippen LogP contribution in [0.4, 0.5) is 0 Å². The summed E-state index contributed by atoms with van der Waals surface area (Å²) in [5.74, 6) is -0.920. The highest BCUT2D eigenvalue weighted by Crippen LogP contribution is 2.44. The van der Waals surface area contributed by atoms with Crippen molar-refractivity contribution in [1.82, 2.24) is 9.13 Å². The van der Waals surface area contributed by atoms with Crippen LogP contribution in [0.5, 0.6) is 0 Å². The van der Waals surface area contributed by atoms with Crippen LogP contribution in [0.1, 0.15) is 52.1 Å². The minimum atomic E-state index is -2.10. The fraction of sp³-hybridized carbons (Fsp3) is 0.593. The molecule has 4 atom stereocenters. The van der Waals surface area contributed by atoms with Crippen molar-refractivity contribution in [1.29, 1.82) is 5.26 Å². The molecule has 2 aliphatic rings. The highest BCUT2D eigenvalue weighted by Gasteiger charge is 2.57. The van der Waals surface area contributed by atoms with Gasteiger partial charge in [-0.05, 0) is 37.5 Å². The van der Waals surface area contributed by atoms with Gasteiger partial charge in [-0.15, -0.1) is 0 Å². The van der Waals surface area contributed by atoms with Crippen LogP contribution in [0.25, 0.3) is 0 Å². The third-order valence-corrected chi connectivity index (χ3v) is 12.0. The van der Waals surface area contributed by atoms with Gasteiger partial charge in [0, 0.05) is 6.07 Å². The Bertz CT molecular complexity index is 1310. The van der Waals surface area contributed by atoms with Crippen LogP contribution in [-0.4, -0.2) is 48.2 Å². The number of nitrogens with zero attached hydrogens (tertiary/aromatic N) is 3. The maximum absolute atomic E-state index is 13.6. The highest BCUT2D eigenvalue weighted by atomic mass is 28.4. The molecular formula is C27H37N3O7Si. The molecule has 0 bridgehead atoms. The third-order valence-electron chi connectivity index (χ3n) is 7.46. The van der Waals surface area contributed by atoms with E-state index in [1.165, 1.54) is 4.57 Å². The zero-order valence-electron chi connectivity index (χ0n) is 23.1. The van der Waals surface area contributed by atoms with E-state index in [-0.39, 0.29) is 30.7 Å². The molecule has 2 aromatic rings. The Morgan fingerprint density at radius 2 is 1.76 bits per heavy atom. The number of hydrogen-bond acceptors (Lipinski definition) is 8. The van der Waals surface area contributed by atoms with Crippen LogP contribution >= 0.6 is 0 Å². The van der Waals surface area contributed by atoms with Crippen molar-refractivity contribution < 1.29 is 23.4 Å².